The van der Waals surface area contributed by atoms with Gasteiger partial charge < -0.3 is 9.32 Å². The van der Waals surface area contributed by atoms with Gasteiger partial charge in [0.05, 0.1) is 11.4 Å². The van der Waals surface area contributed by atoms with E-state index in [4.69, 9.17) is 4.42 Å². The van der Waals surface area contributed by atoms with Gasteiger partial charge >= 0.3 is 0 Å². The maximum Gasteiger partial charge on any atom is 0.240 e. The van der Waals surface area contributed by atoms with Crippen LogP contribution in [0.2, 0.25) is 0 Å². The first-order chi connectivity index (χ1) is 12.2. The highest BCUT2D eigenvalue weighted by Crippen LogP contribution is 2.31. The van der Waals surface area contributed by atoms with Gasteiger partial charge in [0.2, 0.25) is 11.8 Å². The molecule has 2 atom stereocenters. The van der Waals surface area contributed by atoms with Gasteiger partial charge in [-0.25, -0.2) is 0 Å². The molecule has 1 aliphatic rings. The van der Waals surface area contributed by atoms with E-state index in [-0.39, 0.29) is 0 Å². The van der Waals surface area contributed by atoms with Gasteiger partial charge in [-0.1, -0.05) is 18.2 Å². The zero-order chi connectivity index (χ0) is 17.2. The maximum atomic E-state index is 5.92. The number of nitrogens with zero attached hydrogens (tertiary/aromatic N) is 4. The van der Waals surface area contributed by atoms with Crippen molar-refractivity contribution in [1.29, 1.82) is 0 Å². The van der Waals surface area contributed by atoms with Gasteiger partial charge in [-0.05, 0) is 57.1 Å². The molecule has 0 amide bonds. The summed E-state index contributed by atoms with van der Waals surface area (Å²) in [5.74, 6) is 1.62. The molecule has 1 fully saturated rings. The van der Waals surface area contributed by atoms with Crippen molar-refractivity contribution in [3.63, 3.8) is 0 Å². The Bertz CT molecular complexity index is 896. The van der Waals surface area contributed by atoms with Crippen molar-refractivity contribution >= 4 is 23.1 Å². The third kappa shape index (κ3) is 3.20. The van der Waals surface area contributed by atoms with Gasteiger partial charge in [0.15, 0.2) is 0 Å². The number of likely N-dealkylation sites (tertiary alicyclic amines) is 1. The van der Waals surface area contributed by atoms with E-state index in [1.165, 1.54) is 6.42 Å². The lowest BCUT2D eigenvalue weighted by molar-refractivity contribution is 0.158. The van der Waals surface area contributed by atoms with E-state index in [1.807, 2.05) is 42.6 Å². The smallest absolute Gasteiger partial charge is 0.240 e. The van der Waals surface area contributed by atoms with Crippen molar-refractivity contribution in [1.82, 2.24) is 20.1 Å². The summed E-state index contributed by atoms with van der Waals surface area (Å²) in [6.07, 6.45) is 7.99. The quantitative estimate of drug-likeness (QED) is 0.725. The number of pyridine rings is 1. The van der Waals surface area contributed by atoms with Crippen LogP contribution >= 0.6 is 0 Å². The van der Waals surface area contributed by atoms with Crippen molar-refractivity contribution in [2.45, 2.75) is 31.7 Å². The molecular formula is C20H22N4O. The molecule has 0 radical (unpaired) electrons. The first-order valence-corrected chi connectivity index (χ1v) is 8.78. The average molecular weight is 334 g/mol. The lowest BCUT2D eigenvalue weighted by Gasteiger charge is -2.34. The molecule has 0 aliphatic carbocycles. The van der Waals surface area contributed by atoms with E-state index in [9.17, 15) is 0 Å². The molecule has 5 nitrogen and oxygen atoms in total. The normalized spacial score (nSPS) is 22.0. The molecule has 3 aromatic rings. The lowest BCUT2D eigenvalue weighted by Crippen LogP contribution is -2.39. The number of hydrogen-bond acceptors (Lipinski definition) is 5. The third-order valence-corrected chi connectivity index (χ3v) is 5.17. The second-order valence-electron chi connectivity index (χ2n) is 6.70. The van der Waals surface area contributed by atoms with Crippen LogP contribution in [0.1, 0.15) is 43.0 Å². The number of para-hydroxylation sites is 1. The third-order valence-electron chi connectivity index (χ3n) is 5.17. The van der Waals surface area contributed by atoms with Gasteiger partial charge in [0.1, 0.15) is 0 Å². The van der Waals surface area contributed by atoms with Crippen molar-refractivity contribution < 1.29 is 4.42 Å². The number of piperidine rings is 1. The maximum absolute atomic E-state index is 5.92. The summed E-state index contributed by atoms with van der Waals surface area (Å²) < 4.78 is 5.92. The molecule has 0 spiro atoms. The highest BCUT2D eigenvalue weighted by molar-refractivity contribution is 5.89. The van der Waals surface area contributed by atoms with E-state index < -0.39 is 0 Å². The molecular weight excluding hydrogens is 312 g/mol. The fourth-order valence-electron chi connectivity index (χ4n) is 3.53. The first-order valence-electron chi connectivity index (χ1n) is 8.78. The SMILES string of the molecule is C[C@H]1[C@@H](c2nnc(/C=C/c3ccnc4ccccc34)o2)CCCN1C. The van der Waals surface area contributed by atoms with Crippen LogP contribution in [0.5, 0.6) is 0 Å². The summed E-state index contributed by atoms with van der Waals surface area (Å²) in [7, 11) is 2.16. The van der Waals surface area contributed by atoms with Crippen LogP contribution in [-0.4, -0.2) is 39.7 Å². The summed E-state index contributed by atoms with van der Waals surface area (Å²) in [6, 6.07) is 10.5. The molecule has 25 heavy (non-hydrogen) atoms. The number of fused-ring (bicyclic) bond motifs is 1. The van der Waals surface area contributed by atoms with Crippen LogP contribution in [-0.2, 0) is 0 Å². The number of hydrogen-bond donors (Lipinski definition) is 0. The lowest BCUT2D eigenvalue weighted by atomic mass is 9.91. The molecule has 5 heteroatoms. The second-order valence-corrected chi connectivity index (χ2v) is 6.70. The Kier molecular flexibility index (Phi) is 4.32. The molecule has 1 aromatic carbocycles. The van der Waals surface area contributed by atoms with E-state index in [1.54, 1.807) is 0 Å². The van der Waals surface area contributed by atoms with Crippen LogP contribution in [0.25, 0.3) is 23.1 Å². The van der Waals surface area contributed by atoms with Gasteiger partial charge in [0, 0.05) is 23.7 Å². The Labute approximate surface area is 147 Å². The predicted molar refractivity (Wildman–Crippen MR) is 99.0 cm³/mol. The number of benzene rings is 1. The fraction of sp³-hybridized carbons (Fsp3) is 0.350. The van der Waals surface area contributed by atoms with E-state index >= 15 is 0 Å². The van der Waals surface area contributed by atoms with Crippen LogP contribution in [0.4, 0.5) is 0 Å². The Hall–Kier alpha value is -2.53. The molecule has 3 heterocycles. The minimum absolute atomic E-state index is 0.315. The predicted octanol–water partition coefficient (Wildman–Crippen LogP) is 3.99. The molecule has 0 saturated carbocycles. The van der Waals surface area contributed by atoms with Gasteiger partial charge in [-0.15, -0.1) is 10.2 Å². The average Bonchev–Trinajstić information content (AvgIpc) is 3.11. The topological polar surface area (TPSA) is 55.1 Å². The van der Waals surface area contributed by atoms with Crippen LogP contribution in [0.3, 0.4) is 0 Å². The molecule has 1 saturated heterocycles. The van der Waals surface area contributed by atoms with Gasteiger partial charge in [0.25, 0.3) is 0 Å². The van der Waals surface area contributed by atoms with Crippen molar-refractivity contribution in [3.05, 3.63) is 53.9 Å². The van der Waals surface area contributed by atoms with Crippen molar-refractivity contribution in [2.24, 2.45) is 0 Å². The molecule has 4 rings (SSSR count). The number of likely N-dealkylation sites (N-methyl/N-ethyl adjacent to an activating group) is 1. The standard InChI is InChI=1S/C20H22N4O/c1-14-16(7-5-13-24(14)2)20-23-22-19(25-20)10-9-15-11-12-21-18-8-4-3-6-17(15)18/h3-4,6,8-12,14,16H,5,7,13H2,1-2H3/b10-9+/t14-,16-/m0/s1. The number of aromatic nitrogens is 3. The van der Waals surface area contributed by atoms with Crippen LogP contribution < -0.4 is 0 Å². The Balaban J connectivity index is 1.57. The minimum Gasteiger partial charge on any atom is -0.421 e. The van der Waals surface area contributed by atoms with Crippen LogP contribution in [0, 0.1) is 0 Å². The van der Waals surface area contributed by atoms with E-state index in [0.717, 1.165) is 35.3 Å². The second kappa shape index (κ2) is 6.76. The molecule has 0 unspecified atom stereocenters. The molecule has 0 bridgehead atoms. The summed E-state index contributed by atoms with van der Waals surface area (Å²) >= 11 is 0. The first kappa shape index (κ1) is 16.0. The van der Waals surface area contributed by atoms with Crippen LogP contribution in [0.15, 0.2) is 40.9 Å². The highest BCUT2D eigenvalue weighted by atomic mass is 16.4. The summed E-state index contributed by atoms with van der Waals surface area (Å²) in [5, 5.41) is 9.62. The minimum atomic E-state index is 0.315. The largest absolute Gasteiger partial charge is 0.421 e. The van der Waals surface area contributed by atoms with Crippen molar-refractivity contribution in [2.75, 3.05) is 13.6 Å². The van der Waals surface area contributed by atoms with Gasteiger partial charge in [-0.2, -0.15) is 0 Å². The molecule has 2 aromatic heterocycles. The zero-order valence-corrected chi connectivity index (χ0v) is 14.6. The number of rotatable bonds is 3. The molecule has 0 N–H and O–H groups in total. The fourth-order valence-corrected chi connectivity index (χ4v) is 3.53. The molecule has 1 aliphatic heterocycles. The monoisotopic (exact) mass is 334 g/mol. The van der Waals surface area contributed by atoms with E-state index in [2.05, 4.69) is 40.1 Å². The van der Waals surface area contributed by atoms with Crippen molar-refractivity contribution in [3.8, 4) is 0 Å². The Morgan fingerprint density at radius 1 is 1.16 bits per heavy atom. The summed E-state index contributed by atoms with van der Waals surface area (Å²) in [6.45, 7) is 3.36. The Morgan fingerprint density at radius 2 is 2.04 bits per heavy atom. The Morgan fingerprint density at radius 3 is 2.96 bits per heavy atom. The van der Waals surface area contributed by atoms with Gasteiger partial charge in [-0.3, -0.25) is 4.98 Å². The summed E-state index contributed by atoms with van der Waals surface area (Å²) in [4.78, 5) is 6.75. The zero-order valence-electron chi connectivity index (χ0n) is 14.6. The van der Waals surface area contributed by atoms with E-state index in [0.29, 0.717) is 17.9 Å². The highest BCUT2D eigenvalue weighted by Gasteiger charge is 2.30. The molecule has 128 valence electrons. The summed E-state index contributed by atoms with van der Waals surface area (Å²) in [5.41, 5.74) is 2.08.